The highest BCUT2D eigenvalue weighted by Gasteiger charge is 2.40. The van der Waals surface area contributed by atoms with Crippen LogP contribution in [0.15, 0.2) is 52.6 Å². The Morgan fingerprint density at radius 3 is 2.36 bits per heavy atom. The molecule has 0 aliphatic carbocycles. The summed E-state index contributed by atoms with van der Waals surface area (Å²) < 4.78 is 26.3. The number of anilines is 2. The van der Waals surface area contributed by atoms with Gasteiger partial charge in [-0.25, -0.2) is 18.4 Å². The number of sulfone groups is 1. The third kappa shape index (κ3) is 3.28. The molecule has 146 valence electrons. The van der Waals surface area contributed by atoms with Gasteiger partial charge in [-0.3, -0.25) is 4.79 Å². The number of benzene rings is 1. The van der Waals surface area contributed by atoms with Gasteiger partial charge in [0.1, 0.15) is 4.90 Å². The van der Waals surface area contributed by atoms with Crippen LogP contribution in [0.4, 0.5) is 11.5 Å². The molecule has 0 N–H and O–H groups in total. The van der Waals surface area contributed by atoms with E-state index in [9.17, 15) is 13.2 Å². The zero-order valence-electron chi connectivity index (χ0n) is 15.7. The van der Waals surface area contributed by atoms with Crippen LogP contribution in [0.3, 0.4) is 0 Å². The van der Waals surface area contributed by atoms with Crippen molar-refractivity contribution in [3.63, 3.8) is 0 Å². The minimum atomic E-state index is -4.04. The number of carbonyl (C=O) groups is 1. The van der Waals surface area contributed by atoms with Gasteiger partial charge >= 0.3 is 0 Å². The Kier molecular flexibility index (Phi) is 4.89. The molecule has 0 unspecified atom stereocenters. The van der Waals surface area contributed by atoms with Gasteiger partial charge in [-0.05, 0) is 44.0 Å². The van der Waals surface area contributed by atoms with E-state index in [1.165, 1.54) is 17.3 Å². The van der Waals surface area contributed by atoms with Gasteiger partial charge in [0.05, 0.1) is 5.69 Å². The van der Waals surface area contributed by atoms with Crippen LogP contribution in [-0.4, -0.2) is 42.3 Å². The Morgan fingerprint density at radius 1 is 1.00 bits per heavy atom. The second kappa shape index (κ2) is 7.35. The van der Waals surface area contributed by atoms with Gasteiger partial charge in [-0.1, -0.05) is 30.5 Å². The number of carbonyl (C=O) groups excluding carboxylic acids is 1. The molecule has 1 aromatic heterocycles. The number of hydrogen-bond donors (Lipinski definition) is 0. The molecule has 2 aromatic rings. The zero-order valence-corrected chi connectivity index (χ0v) is 16.5. The van der Waals surface area contributed by atoms with Crippen molar-refractivity contribution in [2.75, 3.05) is 18.1 Å². The van der Waals surface area contributed by atoms with E-state index in [0.717, 1.165) is 31.2 Å². The highest BCUT2D eigenvalue weighted by Crippen LogP contribution is 2.35. The van der Waals surface area contributed by atoms with Crippen LogP contribution in [0.2, 0.25) is 0 Å². The smallest absolute Gasteiger partial charge is 0.286 e. The van der Waals surface area contributed by atoms with E-state index in [0.29, 0.717) is 18.8 Å². The molecule has 0 atom stereocenters. The van der Waals surface area contributed by atoms with E-state index in [4.69, 9.17) is 0 Å². The van der Waals surface area contributed by atoms with Gasteiger partial charge < -0.3 is 4.90 Å². The zero-order chi connectivity index (χ0) is 19.7. The lowest BCUT2D eigenvalue weighted by Gasteiger charge is -2.28. The molecule has 8 heteroatoms. The maximum Gasteiger partial charge on any atom is 0.286 e. The fourth-order valence-electron chi connectivity index (χ4n) is 3.48. The molecule has 1 amide bonds. The Balaban J connectivity index is 1.82. The van der Waals surface area contributed by atoms with Crippen LogP contribution < -0.4 is 5.01 Å². The van der Waals surface area contributed by atoms with E-state index in [-0.39, 0.29) is 10.7 Å². The molecule has 2 aliphatic rings. The molecular weight excluding hydrogens is 376 g/mol. The first-order chi connectivity index (χ1) is 13.5. The molecule has 0 radical (unpaired) electrons. The number of aryl methyl sites for hydroxylation is 1. The molecule has 2 aliphatic heterocycles. The standard InChI is InChI=1S/C20H22N4O3S/c1-15-8-10-16(11-9-15)24-18-17(7-6-12-21-18)28(26,27)19(22-24)20(25)23-13-4-2-3-5-14-23/h6-12H,2-5,13-14H2,1H3. The van der Waals surface area contributed by atoms with Crippen molar-refractivity contribution in [3.05, 3.63) is 48.2 Å². The quantitative estimate of drug-likeness (QED) is 0.776. The number of hydrogen-bond acceptors (Lipinski definition) is 6. The number of fused-ring (bicyclic) bond motifs is 1. The fraction of sp³-hybridized carbons (Fsp3) is 0.350. The van der Waals surface area contributed by atoms with Gasteiger partial charge in [0, 0.05) is 19.3 Å². The summed E-state index contributed by atoms with van der Waals surface area (Å²) >= 11 is 0. The van der Waals surface area contributed by atoms with E-state index >= 15 is 0 Å². The maximum absolute atomic E-state index is 13.2. The highest BCUT2D eigenvalue weighted by molar-refractivity contribution is 8.08. The minimum absolute atomic E-state index is 0.00347. The third-order valence-electron chi connectivity index (χ3n) is 5.04. The number of rotatable bonds is 2. The number of likely N-dealkylation sites (tertiary alicyclic amines) is 1. The predicted octanol–water partition coefficient (Wildman–Crippen LogP) is 3.03. The van der Waals surface area contributed by atoms with Crippen LogP contribution in [-0.2, 0) is 14.6 Å². The molecule has 4 rings (SSSR count). The molecule has 1 saturated heterocycles. The lowest BCUT2D eigenvalue weighted by Crippen LogP contribution is -2.43. The van der Waals surface area contributed by atoms with Gasteiger partial charge in [0.15, 0.2) is 5.82 Å². The summed E-state index contributed by atoms with van der Waals surface area (Å²) in [6, 6.07) is 10.5. The summed E-state index contributed by atoms with van der Waals surface area (Å²) in [5.41, 5.74) is 1.72. The van der Waals surface area contributed by atoms with Crippen LogP contribution >= 0.6 is 0 Å². The van der Waals surface area contributed by atoms with Crippen molar-refractivity contribution in [1.82, 2.24) is 9.88 Å². The fourth-order valence-corrected chi connectivity index (χ4v) is 4.87. The molecule has 1 aromatic carbocycles. The number of pyridine rings is 1. The van der Waals surface area contributed by atoms with Gasteiger partial charge in [0.2, 0.25) is 14.9 Å². The molecule has 0 saturated carbocycles. The number of nitrogens with zero attached hydrogens (tertiary/aromatic N) is 4. The highest BCUT2D eigenvalue weighted by atomic mass is 32.2. The average molecular weight is 398 g/mol. The minimum Gasteiger partial charge on any atom is -0.337 e. The summed E-state index contributed by atoms with van der Waals surface area (Å²) in [6.07, 6.45) is 5.36. The first-order valence-electron chi connectivity index (χ1n) is 9.43. The topological polar surface area (TPSA) is 82.9 Å². The van der Waals surface area contributed by atoms with Gasteiger partial charge in [-0.15, -0.1) is 5.10 Å². The van der Waals surface area contributed by atoms with Crippen molar-refractivity contribution in [3.8, 4) is 0 Å². The lowest BCUT2D eigenvalue weighted by molar-refractivity contribution is -0.123. The predicted molar refractivity (Wildman–Crippen MR) is 107 cm³/mol. The Hall–Kier alpha value is -2.74. The van der Waals surface area contributed by atoms with E-state index in [2.05, 4.69) is 10.1 Å². The van der Waals surface area contributed by atoms with Crippen LogP contribution in [0, 0.1) is 6.92 Å². The van der Waals surface area contributed by atoms with Gasteiger partial charge in [-0.2, -0.15) is 0 Å². The Morgan fingerprint density at radius 2 is 1.68 bits per heavy atom. The van der Waals surface area contributed by atoms with Crippen LogP contribution in [0.25, 0.3) is 0 Å². The molecule has 0 bridgehead atoms. The van der Waals surface area contributed by atoms with E-state index in [1.54, 1.807) is 11.0 Å². The second-order valence-corrected chi connectivity index (χ2v) is 8.92. The monoisotopic (exact) mass is 398 g/mol. The Labute approximate surface area is 164 Å². The number of aromatic nitrogens is 1. The van der Waals surface area contributed by atoms with Crippen molar-refractivity contribution < 1.29 is 13.2 Å². The molecule has 7 nitrogen and oxygen atoms in total. The van der Waals surface area contributed by atoms with Crippen molar-refractivity contribution in [1.29, 1.82) is 0 Å². The van der Waals surface area contributed by atoms with Crippen molar-refractivity contribution in [2.45, 2.75) is 37.5 Å². The largest absolute Gasteiger partial charge is 0.337 e. The second-order valence-electron chi connectivity index (χ2n) is 7.09. The molecule has 1 fully saturated rings. The van der Waals surface area contributed by atoms with Crippen molar-refractivity contribution >= 4 is 32.3 Å². The first kappa shape index (κ1) is 18.6. The summed E-state index contributed by atoms with van der Waals surface area (Å²) in [4.78, 5) is 19.0. The normalized spacial score (nSPS) is 18.8. The maximum atomic E-state index is 13.2. The van der Waals surface area contributed by atoms with Crippen molar-refractivity contribution in [2.24, 2.45) is 5.10 Å². The molecular formula is C20H22N4O3S. The third-order valence-corrected chi connectivity index (χ3v) is 6.70. The van der Waals surface area contributed by atoms with Crippen LogP contribution in [0.1, 0.15) is 31.2 Å². The van der Waals surface area contributed by atoms with Crippen LogP contribution in [0.5, 0.6) is 0 Å². The lowest BCUT2D eigenvalue weighted by atomic mass is 10.2. The molecule has 28 heavy (non-hydrogen) atoms. The first-order valence-corrected chi connectivity index (χ1v) is 10.9. The summed E-state index contributed by atoms with van der Waals surface area (Å²) in [5.74, 6) is -0.327. The summed E-state index contributed by atoms with van der Waals surface area (Å²) in [6.45, 7) is 3.07. The van der Waals surface area contributed by atoms with E-state index < -0.39 is 20.8 Å². The average Bonchev–Trinajstić information content (AvgIpc) is 2.98. The summed E-state index contributed by atoms with van der Waals surface area (Å²) in [7, 11) is -4.04. The number of amides is 1. The number of hydrazone groups is 1. The molecule has 0 spiro atoms. The van der Waals surface area contributed by atoms with E-state index in [1.807, 2.05) is 31.2 Å². The Bertz CT molecular complexity index is 1020. The van der Waals surface area contributed by atoms with Gasteiger partial charge in [0.25, 0.3) is 5.91 Å². The molecule has 3 heterocycles. The summed E-state index contributed by atoms with van der Waals surface area (Å²) in [5, 5.41) is 5.30. The SMILES string of the molecule is Cc1ccc(N2N=C(C(=O)N3CCCCCC3)S(=O)(=O)c3cccnc32)cc1.